The molecule has 0 saturated heterocycles. The number of halogens is 2. The molecule has 0 aliphatic carbocycles. The van der Waals surface area contributed by atoms with Crippen molar-refractivity contribution in [3.63, 3.8) is 0 Å². The molecule has 0 aliphatic rings. The van der Waals surface area contributed by atoms with E-state index in [1.54, 1.807) is 49.1 Å². The van der Waals surface area contributed by atoms with E-state index in [1.165, 1.54) is 6.92 Å². The lowest BCUT2D eigenvalue weighted by atomic mass is 9.82. The van der Waals surface area contributed by atoms with Crippen molar-refractivity contribution in [3.8, 4) is 5.69 Å². The molecule has 134 valence electrons. The molecule has 0 unspecified atom stereocenters. The van der Waals surface area contributed by atoms with Gasteiger partial charge in [0, 0.05) is 6.20 Å². The Morgan fingerprint density at radius 2 is 1.84 bits per heavy atom. The summed E-state index contributed by atoms with van der Waals surface area (Å²) in [5.41, 5.74) is -0.589. The first-order valence-electron chi connectivity index (χ1n) is 7.69. The van der Waals surface area contributed by atoms with Crippen molar-refractivity contribution in [2.24, 2.45) is 0 Å². The third-order valence-corrected chi connectivity index (χ3v) is 4.40. The molecule has 1 heterocycles. The summed E-state index contributed by atoms with van der Waals surface area (Å²) >= 11 is 9.69. The molecular weight excluding hydrogens is 412 g/mol. The van der Waals surface area contributed by atoms with Crippen molar-refractivity contribution in [2.75, 3.05) is 13.2 Å². The molecule has 0 atom stereocenters. The van der Waals surface area contributed by atoms with Crippen LogP contribution >= 0.6 is 27.5 Å². The Labute approximate surface area is 159 Å². The smallest absolute Gasteiger partial charge is 0.327 e. The van der Waals surface area contributed by atoms with Crippen LogP contribution in [0.5, 0.6) is 0 Å². The van der Waals surface area contributed by atoms with Crippen molar-refractivity contribution in [3.05, 3.63) is 45.7 Å². The topological polar surface area (TPSA) is 70.4 Å². The highest BCUT2D eigenvalue weighted by molar-refractivity contribution is 9.10. The lowest BCUT2D eigenvalue weighted by molar-refractivity contribution is -0.163. The van der Waals surface area contributed by atoms with Gasteiger partial charge in [-0.05, 0) is 54.4 Å². The summed E-state index contributed by atoms with van der Waals surface area (Å²) in [5.74, 6) is -1.36. The normalized spacial score (nSPS) is 11.2. The molecule has 0 fully saturated rings. The number of hydrogen-bond donors (Lipinski definition) is 0. The standard InChI is InChI=1S/C17H18BrClN2O4/c1-4-24-15(22)17(3,16(23)25-5-2)11-6-7-14(13(19)8-11)21-10-12(18)9-20-21/h6-10H,4-5H2,1-3H3. The molecule has 8 heteroatoms. The zero-order valence-corrected chi connectivity index (χ0v) is 16.4. The maximum absolute atomic E-state index is 12.5. The number of carbonyl (C=O) groups is 2. The van der Waals surface area contributed by atoms with E-state index < -0.39 is 17.4 Å². The van der Waals surface area contributed by atoms with Crippen LogP contribution in [0.1, 0.15) is 26.3 Å². The highest BCUT2D eigenvalue weighted by atomic mass is 79.9. The monoisotopic (exact) mass is 428 g/mol. The molecule has 0 radical (unpaired) electrons. The van der Waals surface area contributed by atoms with Crippen LogP contribution in [-0.2, 0) is 24.5 Å². The van der Waals surface area contributed by atoms with Crippen LogP contribution in [0.4, 0.5) is 0 Å². The molecule has 2 rings (SSSR count). The van der Waals surface area contributed by atoms with Crippen molar-refractivity contribution in [1.29, 1.82) is 0 Å². The van der Waals surface area contributed by atoms with E-state index in [0.29, 0.717) is 16.3 Å². The maximum atomic E-state index is 12.5. The average Bonchev–Trinajstić information content (AvgIpc) is 3.00. The highest BCUT2D eigenvalue weighted by Gasteiger charge is 2.46. The molecule has 0 aliphatic heterocycles. The third-order valence-electron chi connectivity index (χ3n) is 3.69. The van der Waals surface area contributed by atoms with Crippen LogP contribution in [-0.4, -0.2) is 34.9 Å². The molecular formula is C17H18BrClN2O4. The predicted octanol–water partition coefficient (Wildman–Crippen LogP) is 3.67. The summed E-state index contributed by atoms with van der Waals surface area (Å²) in [6.07, 6.45) is 3.38. The van der Waals surface area contributed by atoms with Gasteiger partial charge in [0.1, 0.15) is 0 Å². The van der Waals surface area contributed by atoms with Gasteiger partial charge in [0.25, 0.3) is 0 Å². The van der Waals surface area contributed by atoms with Crippen LogP contribution in [0.15, 0.2) is 35.1 Å². The second-order valence-electron chi connectivity index (χ2n) is 5.34. The van der Waals surface area contributed by atoms with Gasteiger partial charge >= 0.3 is 11.9 Å². The molecule has 2 aromatic rings. The van der Waals surface area contributed by atoms with Crippen LogP contribution < -0.4 is 0 Å². The number of rotatable bonds is 6. The van der Waals surface area contributed by atoms with E-state index in [2.05, 4.69) is 21.0 Å². The van der Waals surface area contributed by atoms with Gasteiger partial charge in [-0.25, -0.2) is 4.68 Å². The molecule has 0 N–H and O–H groups in total. The van der Waals surface area contributed by atoms with E-state index >= 15 is 0 Å². The quantitative estimate of drug-likeness (QED) is 0.517. The zero-order valence-electron chi connectivity index (χ0n) is 14.1. The number of ether oxygens (including phenoxy) is 2. The fraction of sp³-hybridized carbons (Fsp3) is 0.353. The molecule has 6 nitrogen and oxygen atoms in total. The van der Waals surface area contributed by atoms with Gasteiger partial charge in [0.15, 0.2) is 5.41 Å². The number of hydrogen-bond acceptors (Lipinski definition) is 5. The second kappa shape index (κ2) is 8.01. The number of nitrogens with zero attached hydrogens (tertiary/aromatic N) is 2. The molecule has 0 spiro atoms. The van der Waals surface area contributed by atoms with Crippen molar-refractivity contribution in [1.82, 2.24) is 9.78 Å². The van der Waals surface area contributed by atoms with Crippen molar-refractivity contribution >= 4 is 39.5 Å². The molecule has 1 aromatic carbocycles. The van der Waals surface area contributed by atoms with Gasteiger partial charge in [-0.3, -0.25) is 9.59 Å². The summed E-state index contributed by atoms with van der Waals surface area (Å²) in [5, 5.41) is 4.51. The van der Waals surface area contributed by atoms with Crippen LogP contribution in [0.25, 0.3) is 5.69 Å². The number of benzene rings is 1. The summed E-state index contributed by atoms with van der Waals surface area (Å²) in [4.78, 5) is 24.9. The average molecular weight is 430 g/mol. The van der Waals surface area contributed by atoms with E-state index in [1.807, 2.05) is 0 Å². The lowest BCUT2D eigenvalue weighted by Crippen LogP contribution is -2.43. The summed E-state index contributed by atoms with van der Waals surface area (Å²) in [6.45, 7) is 5.13. The fourth-order valence-corrected chi connectivity index (χ4v) is 2.86. The Hall–Kier alpha value is -1.86. The van der Waals surface area contributed by atoms with Gasteiger partial charge < -0.3 is 9.47 Å². The first kappa shape index (κ1) is 19.5. The Morgan fingerprint density at radius 3 is 2.28 bits per heavy atom. The van der Waals surface area contributed by atoms with Crippen LogP contribution in [0.2, 0.25) is 5.02 Å². The summed E-state index contributed by atoms with van der Waals surface area (Å²) in [6, 6.07) is 4.89. The highest BCUT2D eigenvalue weighted by Crippen LogP contribution is 2.32. The van der Waals surface area contributed by atoms with E-state index in [0.717, 1.165) is 4.47 Å². The minimum absolute atomic E-state index is 0.154. The SMILES string of the molecule is CCOC(=O)C(C)(C(=O)OCC)c1ccc(-n2cc(Br)cn2)c(Cl)c1. The van der Waals surface area contributed by atoms with E-state index in [4.69, 9.17) is 21.1 Å². The largest absolute Gasteiger partial charge is 0.465 e. The number of carbonyl (C=O) groups excluding carboxylic acids is 2. The van der Waals surface area contributed by atoms with E-state index in [9.17, 15) is 9.59 Å². The Morgan fingerprint density at radius 1 is 1.24 bits per heavy atom. The van der Waals surface area contributed by atoms with Gasteiger partial charge in [-0.15, -0.1) is 0 Å². The van der Waals surface area contributed by atoms with Crippen LogP contribution in [0.3, 0.4) is 0 Å². The Balaban J connectivity index is 2.49. The molecule has 0 amide bonds. The molecule has 25 heavy (non-hydrogen) atoms. The number of aromatic nitrogens is 2. The fourth-order valence-electron chi connectivity index (χ4n) is 2.31. The molecule has 1 aromatic heterocycles. The first-order valence-corrected chi connectivity index (χ1v) is 8.86. The molecule has 0 saturated carbocycles. The Bertz CT molecular complexity index is 773. The maximum Gasteiger partial charge on any atom is 0.327 e. The molecule has 0 bridgehead atoms. The van der Waals surface area contributed by atoms with Gasteiger partial charge in [0.05, 0.1) is 34.6 Å². The summed E-state index contributed by atoms with van der Waals surface area (Å²) < 4.78 is 12.5. The van der Waals surface area contributed by atoms with Crippen LogP contribution in [0, 0.1) is 0 Å². The van der Waals surface area contributed by atoms with Crippen molar-refractivity contribution < 1.29 is 19.1 Å². The third kappa shape index (κ3) is 3.88. The van der Waals surface area contributed by atoms with E-state index in [-0.39, 0.29) is 13.2 Å². The summed E-state index contributed by atoms with van der Waals surface area (Å²) in [7, 11) is 0. The first-order chi connectivity index (χ1) is 11.8. The van der Waals surface area contributed by atoms with Gasteiger partial charge in [-0.1, -0.05) is 17.7 Å². The predicted molar refractivity (Wildman–Crippen MR) is 96.9 cm³/mol. The Kier molecular flexibility index (Phi) is 6.24. The van der Waals surface area contributed by atoms with Crippen molar-refractivity contribution in [2.45, 2.75) is 26.2 Å². The van der Waals surface area contributed by atoms with Gasteiger partial charge in [-0.2, -0.15) is 5.10 Å². The van der Waals surface area contributed by atoms with Gasteiger partial charge in [0.2, 0.25) is 0 Å². The minimum atomic E-state index is -1.60. The zero-order chi connectivity index (χ0) is 18.6. The minimum Gasteiger partial charge on any atom is -0.465 e. The number of esters is 2. The lowest BCUT2D eigenvalue weighted by Gasteiger charge is -2.26. The second-order valence-corrected chi connectivity index (χ2v) is 6.66.